The van der Waals surface area contributed by atoms with E-state index in [2.05, 4.69) is 48.2 Å². The maximum atomic E-state index is 12.7. The van der Waals surface area contributed by atoms with Crippen LogP contribution in [0.1, 0.15) is 51.1 Å². The van der Waals surface area contributed by atoms with Crippen LogP contribution < -0.4 is 10.2 Å². The number of carbonyl (C=O) groups excluding carboxylic acids is 1. The van der Waals surface area contributed by atoms with Crippen molar-refractivity contribution in [3.8, 4) is 0 Å². The smallest absolute Gasteiger partial charge is 0.245 e. The van der Waals surface area contributed by atoms with Crippen molar-refractivity contribution in [2.45, 2.75) is 58.5 Å². The zero-order valence-corrected chi connectivity index (χ0v) is 15.4. The van der Waals surface area contributed by atoms with Crippen LogP contribution in [-0.2, 0) is 4.79 Å². The van der Waals surface area contributed by atoms with Crippen molar-refractivity contribution in [1.82, 2.24) is 9.78 Å². The normalized spacial score (nSPS) is 14.9. The fourth-order valence-corrected chi connectivity index (χ4v) is 3.62. The van der Waals surface area contributed by atoms with Gasteiger partial charge in [0.05, 0.1) is 18.8 Å². The van der Waals surface area contributed by atoms with Crippen molar-refractivity contribution in [1.29, 1.82) is 0 Å². The minimum atomic E-state index is -0.00306. The lowest BCUT2D eigenvalue weighted by atomic mass is 10.1. The van der Waals surface area contributed by atoms with Gasteiger partial charge in [-0.15, -0.1) is 0 Å². The highest BCUT2D eigenvalue weighted by Crippen LogP contribution is 2.31. The maximum absolute atomic E-state index is 12.7. The molecule has 0 bridgehead atoms. The molecule has 0 saturated heterocycles. The van der Waals surface area contributed by atoms with Gasteiger partial charge in [0.15, 0.2) is 0 Å². The van der Waals surface area contributed by atoms with Crippen LogP contribution in [0.4, 0.5) is 11.5 Å². The summed E-state index contributed by atoms with van der Waals surface area (Å²) in [6.07, 6.45) is 6.55. The molecule has 134 valence electrons. The molecule has 0 atom stereocenters. The number of amides is 1. The SMILES string of the molecule is Cc1ccccc1N(CC(=O)Nc1ccnn1C1CCCC1)C(C)C. The molecule has 0 spiro atoms. The molecule has 5 nitrogen and oxygen atoms in total. The molecular formula is C20H28N4O. The van der Waals surface area contributed by atoms with E-state index in [-0.39, 0.29) is 11.9 Å². The Morgan fingerprint density at radius 2 is 2.00 bits per heavy atom. The Morgan fingerprint density at radius 1 is 1.28 bits per heavy atom. The Hall–Kier alpha value is -2.30. The number of aromatic nitrogens is 2. The van der Waals surface area contributed by atoms with Gasteiger partial charge in [-0.2, -0.15) is 5.10 Å². The van der Waals surface area contributed by atoms with Gasteiger partial charge in [-0.25, -0.2) is 4.68 Å². The zero-order valence-electron chi connectivity index (χ0n) is 15.4. The van der Waals surface area contributed by atoms with Gasteiger partial charge in [-0.1, -0.05) is 31.0 Å². The van der Waals surface area contributed by atoms with Crippen LogP contribution in [0.25, 0.3) is 0 Å². The number of anilines is 2. The Kier molecular flexibility index (Phi) is 5.41. The van der Waals surface area contributed by atoms with E-state index in [1.54, 1.807) is 6.20 Å². The van der Waals surface area contributed by atoms with E-state index in [4.69, 9.17) is 0 Å². The number of hydrogen-bond acceptors (Lipinski definition) is 3. The summed E-state index contributed by atoms with van der Waals surface area (Å²) in [4.78, 5) is 14.8. The van der Waals surface area contributed by atoms with Crippen LogP contribution in [0.15, 0.2) is 36.5 Å². The second-order valence-corrected chi connectivity index (χ2v) is 7.16. The van der Waals surface area contributed by atoms with Crippen LogP contribution in [0.3, 0.4) is 0 Å². The summed E-state index contributed by atoms with van der Waals surface area (Å²) in [6, 6.07) is 10.8. The molecular weight excluding hydrogens is 312 g/mol. The first kappa shape index (κ1) is 17.5. The predicted octanol–water partition coefficient (Wildman–Crippen LogP) is 4.16. The molecule has 1 aromatic heterocycles. The summed E-state index contributed by atoms with van der Waals surface area (Å²) in [5, 5.41) is 7.49. The molecule has 1 saturated carbocycles. The number of carbonyl (C=O) groups is 1. The van der Waals surface area contributed by atoms with E-state index in [0.717, 1.165) is 24.3 Å². The third kappa shape index (κ3) is 4.03. The molecule has 1 aromatic carbocycles. The first-order valence-corrected chi connectivity index (χ1v) is 9.22. The third-order valence-electron chi connectivity index (χ3n) is 4.97. The van der Waals surface area contributed by atoms with Crippen LogP contribution in [0.5, 0.6) is 0 Å². The molecule has 0 radical (unpaired) electrons. The standard InChI is InChI=1S/C20H28N4O/c1-15(2)23(18-11-7-4-8-16(18)3)14-20(25)22-19-12-13-21-24(19)17-9-5-6-10-17/h4,7-8,11-13,15,17H,5-6,9-10,14H2,1-3H3,(H,22,25). The van der Waals surface area contributed by atoms with Gasteiger partial charge in [0.2, 0.25) is 5.91 Å². The minimum absolute atomic E-state index is 0.00306. The number of nitrogens with one attached hydrogen (secondary N) is 1. The highest BCUT2D eigenvalue weighted by atomic mass is 16.2. The van der Waals surface area contributed by atoms with Gasteiger partial charge in [0.1, 0.15) is 5.82 Å². The summed E-state index contributed by atoms with van der Waals surface area (Å²) >= 11 is 0. The monoisotopic (exact) mass is 340 g/mol. The predicted molar refractivity (Wildman–Crippen MR) is 102 cm³/mol. The van der Waals surface area contributed by atoms with Gasteiger partial charge in [0, 0.05) is 17.8 Å². The summed E-state index contributed by atoms with van der Waals surface area (Å²) in [7, 11) is 0. The summed E-state index contributed by atoms with van der Waals surface area (Å²) in [6.45, 7) is 6.64. The zero-order chi connectivity index (χ0) is 17.8. The van der Waals surface area contributed by atoms with Crippen molar-refractivity contribution in [3.05, 3.63) is 42.1 Å². The van der Waals surface area contributed by atoms with E-state index < -0.39 is 0 Å². The molecule has 0 unspecified atom stereocenters. The van der Waals surface area contributed by atoms with Crippen molar-refractivity contribution in [3.63, 3.8) is 0 Å². The molecule has 3 rings (SSSR count). The lowest BCUT2D eigenvalue weighted by Gasteiger charge is -2.30. The summed E-state index contributed by atoms with van der Waals surface area (Å²) < 4.78 is 1.98. The third-order valence-corrected chi connectivity index (χ3v) is 4.97. The van der Waals surface area contributed by atoms with E-state index in [9.17, 15) is 4.79 Å². The Labute approximate surface area is 150 Å². The topological polar surface area (TPSA) is 50.2 Å². The summed E-state index contributed by atoms with van der Waals surface area (Å²) in [5.41, 5.74) is 2.29. The molecule has 2 aromatic rings. The molecule has 25 heavy (non-hydrogen) atoms. The van der Waals surface area contributed by atoms with Gasteiger partial charge in [0.25, 0.3) is 0 Å². The highest BCUT2D eigenvalue weighted by molar-refractivity contribution is 5.93. The number of benzene rings is 1. The Bertz CT molecular complexity index is 716. The van der Waals surface area contributed by atoms with Crippen LogP contribution >= 0.6 is 0 Å². The van der Waals surface area contributed by atoms with E-state index in [1.807, 2.05) is 22.9 Å². The quantitative estimate of drug-likeness (QED) is 0.859. The van der Waals surface area contributed by atoms with E-state index >= 15 is 0 Å². The number of aryl methyl sites for hydroxylation is 1. The second kappa shape index (κ2) is 7.72. The van der Waals surface area contributed by atoms with Gasteiger partial charge < -0.3 is 10.2 Å². The van der Waals surface area contributed by atoms with Gasteiger partial charge >= 0.3 is 0 Å². The van der Waals surface area contributed by atoms with Crippen LogP contribution in [0.2, 0.25) is 0 Å². The molecule has 1 heterocycles. The molecule has 1 amide bonds. The lowest BCUT2D eigenvalue weighted by molar-refractivity contribution is -0.115. The Morgan fingerprint density at radius 3 is 2.68 bits per heavy atom. The average Bonchev–Trinajstić information content (AvgIpc) is 3.24. The first-order chi connectivity index (χ1) is 12.1. The molecule has 1 N–H and O–H groups in total. The Balaban J connectivity index is 1.71. The second-order valence-electron chi connectivity index (χ2n) is 7.16. The van der Waals surface area contributed by atoms with Crippen LogP contribution in [0, 0.1) is 6.92 Å². The maximum Gasteiger partial charge on any atom is 0.245 e. The number of hydrogen-bond donors (Lipinski definition) is 1. The largest absolute Gasteiger partial charge is 0.360 e. The highest BCUT2D eigenvalue weighted by Gasteiger charge is 2.22. The van der Waals surface area contributed by atoms with Crippen molar-refractivity contribution >= 4 is 17.4 Å². The van der Waals surface area contributed by atoms with E-state index in [0.29, 0.717) is 12.6 Å². The number of nitrogens with zero attached hydrogens (tertiary/aromatic N) is 3. The van der Waals surface area contributed by atoms with Crippen molar-refractivity contribution in [2.24, 2.45) is 0 Å². The van der Waals surface area contributed by atoms with E-state index in [1.165, 1.54) is 18.4 Å². The lowest BCUT2D eigenvalue weighted by Crippen LogP contribution is -2.38. The molecule has 1 aliphatic carbocycles. The van der Waals surface area contributed by atoms with Crippen LogP contribution in [-0.4, -0.2) is 28.3 Å². The number of rotatable bonds is 6. The van der Waals surface area contributed by atoms with Crippen molar-refractivity contribution < 1.29 is 4.79 Å². The van der Waals surface area contributed by atoms with Gasteiger partial charge in [-0.05, 0) is 45.2 Å². The molecule has 5 heteroatoms. The summed E-state index contributed by atoms with van der Waals surface area (Å²) in [5.74, 6) is 0.807. The van der Waals surface area contributed by atoms with Crippen molar-refractivity contribution in [2.75, 3.05) is 16.8 Å². The van der Waals surface area contributed by atoms with Gasteiger partial charge in [-0.3, -0.25) is 4.79 Å². The average molecular weight is 340 g/mol. The fourth-order valence-electron chi connectivity index (χ4n) is 3.62. The first-order valence-electron chi connectivity index (χ1n) is 9.22. The number of para-hydroxylation sites is 1. The molecule has 1 aliphatic rings. The minimum Gasteiger partial charge on any atom is -0.360 e. The molecule has 0 aliphatic heterocycles. The fraction of sp³-hybridized carbons (Fsp3) is 0.500. The molecule has 1 fully saturated rings.